The third kappa shape index (κ3) is 30.7. The maximum absolute atomic E-state index is 12.1. The number of hydrogen-bond donors (Lipinski definition) is 3. The van der Waals surface area contributed by atoms with Crippen molar-refractivity contribution in [2.45, 2.75) is 238 Å². The summed E-state index contributed by atoms with van der Waals surface area (Å²) >= 11 is 5.06. The Morgan fingerprint density at radius 3 is 1.45 bits per heavy atom. The number of thioether (sulfide) groups is 3. The molecule has 596 valence electrons. The average molecular weight is 1560 g/mol. The predicted molar refractivity (Wildman–Crippen MR) is 417 cm³/mol. The van der Waals surface area contributed by atoms with Crippen molar-refractivity contribution in [1.29, 1.82) is 0 Å². The fourth-order valence-electron chi connectivity index (χ4n) is 10.9. The van der Waals surface area contributed by atoms with Crippen LogP contribution in [0.25, 0.3) is 10.4 Å². The summed E-state index contributed by atoms with van der Waals surface area (Å²) in [7, 11) is 0. The highest BCUT2D eigenvalue weighted by Crippen LogP contribution is 2.34. The molecule has 34 heteroatoms. The van der Waals surface area contributed by atoms with Crippen molar-refractivity contribution in [3.63, 3.8) is 0 Å². The number of nitrogens with one attached hydrogen (secondary N) is 3. The van der Waals surface area contributed by atoms with Gasteiger partial charge in [-0.3, -0.25) is 42.4 Å². The van der Waals surface area contributed by atoms with Gasteiger partial charge in [-0.15, -0.1) is 35.3 Å². The molecule has 11 atom stereocenters. The van der Waals surface area contributed by atoms with Crippen LogP contribution < -0.4 is 44.9 Å². The van der Waals surface area contributed by atoms with E-state index in [1.807, 2.05) is 31.2 Å². The standard InChI is InChI=1S/C15H25N3O3S.2C15H24N2O3S.C14H21N5O4.C14H20N2O4/c1-3-5-9-20-10-14-21-13(11-22-14)18-8-6-12(16-7-4-2)17-15(18)19;1-3-5-6-9-19-10-14-20-13(11-21-14)17-8-7-12(4-2)16-15(17)18;1-3-5-9-19-10-14-20-13(11-21-14)17-8-7-12(6-4-2)16-15(17)18;1-3-4-5-22-8-11-10(17-18-15)6-12(23-11)19-7-9(2)13(20)16-14(19)21;1-3-4-7-19-9-11-5-6-12(20-11)16-8-10(2)13(17)15-14(16)18/h6,8,13-14H,3-5,7,9-11H2,1-2H3,(H,16,17,19);2*7-8,13-14H,3-6,9-11H2,1-2H3;7,10-12H,3-6,8H2,1-2H3,(H,16,20,21);5-6,8,11-12H,3-4,7,9H2,1-2H3,(H,15,17,18)/t3*13-,14+;10?,11-,12-;11-,12+/m11110/s1. The summed E-state index contributed by atoms with van der Waals surface area (Å²) in [4.78, 5) is 102. The maximum atomic E-state index is 12.1. The monoisotopic (exact) mass is 1550 g/mol. The van der Waals surface area contributed by atoms with Gasteiger partial charge in [0.1, 0.15) is 53.1 Å². The summed E-state index contributed by atoms with van der Waals surface area (Å²) in [6.07, 6.45) is 25.5. The molecule has 10 rings (SSSR count). The highest BCUT2D eigenvalue weighted by molar-refractivity contribution is 8.00. The molecule has 0 aromatic carbocycles. The van der Waals surface area contributed by atoms with E-state index in [1.54, 1.807) is 87.5 Å². The van der Waals surface area contributed by atoms with Crippen molar-refractivity contribution in [2.75, 3.05) is 95.2 Å². The lowest BCUT2D eigenvalue weighted by Crippen LogP contribution is -2.33. The van der Waals surface area contributed by atoms with Crippen LogP contribution in [0.4, 0.5) is 5.82 Å². The number of unbranched alkanes of at least 4 members (excludes halogenated alkanes) is 6. The van der Waals surface area contributed by atoms with Crippen LogP contribution in [0, 0.1) is 13.8 Å². The summed E-state index contributed by atoms with van der Waals surface area (Å²) in [5.74, 6) is 2.88. The number of aromatic amines is 2. The van der Waals surface area contributed by atoms with E-state index in [2.05, 4.69) is 88.7 Å². The van der Waals surface area contributed by atoms with Crippen molar-refractivity contribution in [1.82, 2.24) is 47.8 Å². The molecular formula is C73H114N14O17S3. The fourth-order valence-corrected chi connectivity index (χ4v) is 13.9. The van der Waals surface area contributed by atoms with Crippen molar-refractivity contribution >= 4 is 41.1 Å². The second-order valence-corrected chi connectivity index (χ2v) is 29.4. The third-order valence-corrected chi connectivity index (χ3v) is 20.3. The summed E-state index contributed by atoms with van der Waals surface area (Å²) < 4.78 is 64.3. The van der Waals surface area contributed by atoms with Crippen molar-refractivity contribution < 1.29 is 47.4 Å². The summed E-state index contributed by atoms with van der Waals surface area (Å²) in [6.45, 7) is 27.0. The molecule has 5 aromatic heterocycles. The van der Waals surface area contributed by atoms with Gasteiger partial charge in [0.05, 0.1) is 45.2 Å². The number of azide groups is 1. The average Bonchev–Trinajstić information content (AvgIpc) is 1.74. The zero-order valence-corrected chi connectivity index (χ0v) is 66.4. The Hall–Kier alpha value is -6.50. The quantitative estimate of drug-likeness (QED) is 0.0109. The molecular weight excluding hydrogens is 1440 g/mol. The normalized spacial score (nSPS) is 22.0. The van der Waals surface area contributed by atoms with Crippen LogP contribution in [0.5, 0.6) is 0 Å². The molecule has 4 saturated heterocycles. The van der Waals surface area contributed by atoms with E-state index in [-0.39, 0.29) is 63.7 Å². The molecule has 0 aliphatic carbocycles. The van der Waals surface area contributed by atoms with Gasteiger partial charge in [-0.25, -0.2) is 24.0 Å². The number of anilines is 1. The first-order valence-corrected chi connectivity index (χ1v) is 40.9. The zero-order chi connectivity index (χ0) is 77.3. The summed E-state index contributed by atoms with van der Waals surface area (Å²) in [5.41, 5.74) is 8.72. The van der Waals surface area contributed by atoms with Gasteiger partial charge in [-0.2, -0.15) is 15.0 Å². The second kappa shape index (κ2) is 50.3. The Balaban J connectivity index is 0.000000209. The summed E-state index contributed by atoms with van der Waals surface area (Å²) in [6, 6.07) is 5.19. The first-order chi connectivity index (χ1) is 51.9. The lowest BCUT2D eigenvalue weighted by atomic mass is 10.1. The van der Waals surface area contributed by atoms with E-state index in [0.29, 0.717) is 69.6 Å². The van der Waals surface area contributed by atoms with Crippen LogP contribution in [0.1, 0.15) is 199 Å². The Morgan fingerprint density at radius 1 is 0.514 bits per heavy atom. The lowest BCUT2D eigenvalue weighted by molar-refractivity contribution is -0.0457. The van der Waals surface area contributed by atoms with Gasteiger partial charge in [0.2, 0.25) is 0 Å². The van der Waals surface area contributed by atoms with Crippen LogP contribution >= 0.6 is 35.3 Å². The molecule has 5 aromatic rings. The van der Waals surface area contributed by atoms with Gasteiger partial charge < -0.3 is 52.7 Å². The Bertz CT molecular complexity index is 3920. The van der Waals surface area contributed by atoms with Crippen LogP contribution in [0.2, 0.25) is 0 Å². The lowest BCUT2D eigenvalue weighted by Gasteiger charge is -2.16. The molecule has 1 unspecified atom stereocenters. The Morgan fingerprint density at radius 2 is 0.972 bits per heavy atom. The molecule has 107 heavy (non-hydrogen) atoms. The molecule has 0 bridgehead atoms. The first-order valence-electron chi connectivity index (χ1n) is 37.8. The molecule has 10 heterocycles. The predicted octanol–water partition coefficient (Wildman–Crippen LogP) is 10.4. The van der Waals surface area contributed by atoms with Crippen molar-refractivity contribution in [2.24, 2.45) is 5.11 Å². The summed E-state index contributed by atoms with van der Waals surface area (Å²) in [5, 5.41) is 6.85. The van der Waals surface area contributed by atoms with E-state index in [1.165, 1.54) is 34.4 Å². The van der Waals surface area contributed by atoms with E-state index in [0.717, 1.165) is 138 Å². The number of rotatable bonds is 38. The largest absolute Gasteiger partial charge is 0.379 e. The number of nitrogens with zero attached hydrogens (tertiary/aromatic N) is 11. The SMILES string of the molecule is CCCCCOC[C@H]1O[C@@H](n2ccc(CC)nc2=O)CS1.CCCCOC[C@@H]1C=C[C@H](n2cc(C)c(=O)[nH]c2=O)O1.CCCCOC[C@H]1O[C@@H](n2cc(C)c(=O)[nH]c2=O)CC1N=[N+]=[N-].CCCCOC[C@H]1O[C@@H](n2ccc(CCC)nc2=O)CS1.CCCCOC[C@H]1O[C@@H](n2ccc(NCCC)nc2=O)CS1. The molecule has 0 saturated carbocycles. The van der Waals surface area contributed by atoms with Gasteiger partial charge in [-0.05, 0) is 95.0 Å². The maximum Gasteiger partial charge on any atom is 0.351 e. The minimum atomic E-state index is -0.590. The minimum Gasteiger partial charge on any atom is -0.379 e. The Kier molecular flexibility index (Phi) is 42.0. The zero-order valence-electron chi connectivity index (χ0n) is 63.9. The van der Waals surface area contributed by atoms with Gasteiger partial charge in [-0.1, -0.05) is 112 Å². The fraction of sp³-hybridized carbons (Fsp3) is 0.699. The van der Waals surface area contributed by atoms with Crippen LogP contribution in [-0.2, 0) is 60.2 Å². The van der Waals surface area contributed by atoms with E-state index in [4.69, 9.17) is 52.9 Å². The molecule has 0 radical (unpaired) electrons. The molecule has 5 aliphatic rings. The third-order valence-electron chi connectivity index (χ3n) is 17.0. The topological polar surface area (TPSA) is 367 Å². The molecule has 0 amide bonds. The smallest absolute Gasteiger partial charge is 0.351 e. The minimum absolute atomic E-state index is 0.00773. The van der Waals surface area contributed by atoms with E-state index in [9.17, 15) is 33.6 Å². The van der Waals surface area contributed by atoms with E-state index < -0.39 is 41.5 Å². The van der Waals surface area contributed by atoms with Gasteiger partial charge in [0.25, 0.3) is 11.1 Å². The van der Waals surface area contributed by atoms with Crippen molar-refractivity contribution in [3.8, 4) is 0 Å². The van der Waals surface area contributed by atoms with Gasteiger partial charge in [0.15, 0.2) is 6.23 Å². The molecule has 3 N–H and O–H groups in total. The molecule has 4 fully saturated rings. The first kappa shape index (κ1) is 89.4. The molecule has 5 aliphatic heterocycles. The van der Waals surface area contributed by atoms with Crippen LogP contribution in [0.3, 0.4) is 0 Å². The van der Waals surface area contributed by atoms with Crippen molar-refractivity contribution in [3.05, 3.63) is 167 Å². The number of hydrogen-bond acceptors (Lipinski definition) is 25. The highest BCUT2D eigenvalue weighted by atomic mass is 32.2. The molecule has 31 nitrogen and oxygen atoms in total. The number of aryl methyl sites for hydroxylation is 4. The Labute approximate surface area is 638 Å². The number of aromatic nitrogens is 10. The van der Waals surface area contributed by atoms with Gasteiger partial charge in [0, 0.05) is 122 Å². The van der Waals surface area contributed by atoms with Crippen LogP contribution in [-0.4, -0.2) is 172 Å². The number of H-pyrrole nitrogens is 2. The van der Waals surface area contributed by atoms with Gasteiger partial charge >= 0.3 is 28.4 Å². The number of ether oxygens (including phenoxy) is 10. The van der Waals surface area contributed by atoms with E-state index >= 15 is 0 Å². The second-order valence-electron chi connectivity index (χ2n) is 25.9. The van der Waals surface area contributed by atoms with Crippen LogP contribution in [0.15, 0.2) is 100 Å². The molecule has 0 spiro atoms. The highest BCUT2D eigenvalue weighted by Gasteiger charge is 2.37.